The van der Waals surface area contributed by atoms with E-state index in [1.165, 1.54) is 27.6 Å². The van der Waals surface area contributed by atoms with Crippen LogP contribution in [0.3, 0.4) is 0 Å². The molecule has 2 rings (SSSR count). The maximum Gasteiger partial charge on any atom is 0.122 e. The molecule has 1 heterocycles. The molecule has 1 aromatic heterocycles. The minimum atomic E-state index is 0.206. The van der Waals surface area contributed by atoms with Crippen molar-refractivity contribution < 1.29 is 10.1 Å². The quantitative estimate of drug-likeness (QED) is 0.613. The lowest BCUT2D eigenvalue weighted by molar-refractivity contribution is -0.253. The van der Waals surface area contributed by atoms with Crippen molar-refractivity contribution in [2.75, 3.05) is 0 Å². The molecule has 0 amide bonds. The summed E-state index contributed by atoms with van der Waals surface area (Å²) in [6.45, 7) is 10.9. The number of hydrogen-bond acceptors (Lipinski definition) is 2. The SMILES string of the molecule is Cc1c(C)c(C)c2c(C)c(COO)[nH]c2c1C. The molecule has 3 nitrogen and oxygen atoms in total. The molecule has 0 aliphatic rings. The summed E-state index contributed by atoms with van der Waals surface area (Å²) in [6.07, 6.45) is 0. The lowest BCUT2D eigenvalue weighted by Gasteiger charge is -2.11. The van der Waals surface area contributed by atoms with Crippen molar-refractivity contribution in [3.05, 3.63) is 33.5 Å². The highest BCUT2D eigenvalue weighted by molar-refractivity contribution is 5.92. The second-order valence-electron chi connectivity index (χ2n) is 4.75. The molecule has 92 valence electrons. The number of rotatable bonds is 2. The second-order valence-corrected chi connectivity index (χ2v) is 4.75. The first kappa shape index (κ1) is 12.1. The van der Waals surface area contributed by atoms with Gasteiger partial charge >= 0.3 is 0 Å². The number of aryl methyl sites for hydroxylation is 3. The van der Waals surface area contributed by atoms with Gasteiger partial charge in [0.15, 0.2) is 0 Å². The van der Waals surface area contributed by atoms with Crippen LogP contribution in [-0.2, 0) is 11.5 Å². The Bertz CT molecular complexity index is 582. The van der Waals surface area contributed by atoms with Crippen LogP contribution < -0.4 is 0 Å². The Morgan fingerprint density at radius 1 is 0.882 bits per heavy atom. The summed E-state index contributed by atoms with van der Waals surface area (Å²) in [7, 11) is 0. The molecule has 3 heteroatoms. The average Bonchev–Trinajstić information content (AvgIpc) is 2.62. The summed E-state index contributed by atoms with van der Waals surface area (Å²) in [5.74, 6) is 0. The highest BCUT2D eigenvalue weighted by Gasteiger charge is 2.15. The molecule has 0 saturated heterocycles. The fourth-order valence-electron chi connectivity index (χ4n) is 2.54. The molecule has 2 aromatic rings. The highest BCUT2D eigenvalue weighted by Crippen LogP contribution is 2.32. The molecule has 0 saturated carbocycles. The van der Waals surface area contributed by atoms with Gasteiger partial charge in [-0.05, 0) is 62.4 Å². The number of benzene rings is 1. The molecule has 0 spiro atoms. The van der Waals surface area contributed by atoms with Crippen LogP contribution in [-0.4, -0.2) is 10.2 Å². The van der Waals surface area contributed by atoms with Gasteiger partial charge in [-0.3, -0.25) is 5.26 Å². The molecule has 0 bridgehead atoms. The molecule has 0 aliphatic carbocycles. The van der Waals surface area contributed by atoms with Crippen molar-refractivity contribution >= 4 is 10.9 Å². The molecular weight excluding hydrogens is 214 g/mol. The Hall–Kier alpha value is -1.32. The minimum Gasteiger partial charge on any atom is -0.356 e. The van der Waals surface area contributed by atoms with E-state index in [2.05, 4.69) is 44.5 Å². The van der Waals surface area contributed by atoms with Crippen molar-refractivity contribution in [3.8, 4) is 0 Å². The summed E-state index contributed by atoms with van der Waals surface area (Å²) < 4.78 is 0. The first-order chi connectivity index (χ1) is 7.99. The van der Waals surface area contributed by atoms with Gasteiger partial charge in [-0.2, -0.15) is 0 Å². The molecule has 0 aliphatic heterocycles. The van der Waals surface area contributed by atoms with Gasteiger partial charge in [-0.25, -0.2) is 4.89 Å². The summed E-state index contributed by atoms with van der Waals surface area (Å²) in [5, 5.41) is 9.86. The number of H-pyrrole nitrogens is 1. The fourth-order valence-corrected chi connectivity index (χ4v) is 2.54. The van der Waals surface area contributed by atoms with Gasteiger partial charge < -0.3 is 4.98 Å². The van der Waals surface area contributed by atoms with Crippen LogP contribution in [0.2, 0.25) is 0 Å². The smallest absolute Gasteiger partial charge is 0.122 e. The lowest BCUT2D eigenvalue weighted by Crippen LogP contribution is -1.93. The van der Waals surface area contributed by atoms with E-state index < -0.39 is 0 Å². The maximum absolute atomic E-state index is 8.60. The van der Waals surface area contributed by atoms with Gasteiger partial charge in [0.1, 0.15) is 6.61 Å². The largest absolute Gasteiger partial charge is 0.356 e. The number of hydrogen-bond donors (Lipinski definition) is 2. The normalized spacial score (nSPS) is 11.4. The summed E-state index contributed by atoms with van der Waals surface area (Å²) in [5.41, 5.74) is 8.52. The fraction of sp³-hybridized carbons (Fsp3) is 0.429. The molecular formula is C14H19NO2. The molecule has 0 atom stereocenters. The highest BCUT2D eigenvalue weighted by atomic mass is 17.1. The van der Waals surface area contributed by atoms with E-state index in [9.17, 15) is 0 Å². The van der Waals surface area contributed by atoms with E-state index in [4.69, 9.17) is 5.26 Å². The number of aromatic nitrogens is 1. The topological polar surface area (TPSA) is 45.2 Å². The van der Waals surface area contributed by atoms with Gasteiger partial charge in [0.05, 0.1) is 0 Å². The number of fused-ring (bicyclic) bond motifs is 1. The Morgan fingerprint density at radius 2 is 1.47 bits per heavy atom. The van der Waals surface area contributed by atoms with Gasteiger partial charge in [0.25, 0.3) is 0 Å². The Labute approximate surface area is 101 Å². The third-order valence-electron chi connectivity index (χ3n) is 4.00. The van der Waals surface area contributed by atoms with Gasteiger partial charge in [-0.15, -0.1) is 0 Å². The Kier molecular flexibility index (Phi) is 2.98. The maximum atomic E-state index is 8.60. The summed E-state index contributed by atoms with van der Waals surface area (Å²) in [6, 6.07) is 0. The first-order valence-electron chi connectivity index (χ1n) is 5.82. The summed E-state index contributed by atoms with van der Waals surface area (Å²) in [4.78, 5) is 7.60. The summed E-state index contributed by atoms with van der Waals surface area (Å²) >= 11 is 0. The van der Waals surface area contributed by atoms with Crippen LogP contribution >= 0.6 is 0 Å². The number of aromatic amines is 1. The van der Waals surface area contributed by atoms with E-state index in [1.807, 2.05) is 0 Å². The molecule has 0 fully saturated rings. The van der Waals surface area contributed by atoms with Gasteiger partial charge in [-0.1, -0.05) is 0 Å². The predicted octanol–water partition coefficient (Wildman–Crippen LogP) is 3.70. The zero-order valence-electron chi connectivity index (χ0n) is 11.1. The van der Waals surface area contributed by atoms with E-state index in [1.54, 1.807) is 0 Å². The van der Waals surface area contributed by atoms with Crippen LogP contribution in [0.1, 0.15) is 33.5 Å². The Balaban J connectivity index is 2.87. The molecule has 0 radical (unpaired) electrons. The monoisotopic (exact) mass is 233 g/mol. The van der Waals surface area contributed by atoms with E-state index in [0.717, 1.165) is 16.8 Å². The van der Waals surface area contributed by atoms with Crippen molar-refractivity contribution in [2.45, 2.75) is 41.2 Å². The number of nitrogens with one attached hydrogen (secondary N) is 1. The standard InChI is InChI=1S/C14H19NO2/c1-7-8(2)10(4)14-13(9(7)3)11(5)12(15-14)6-17-16/h15-16H,6H2,1-5H3. The van der Waals surface area contributed by atoms with E-state index in [0.29, 0.717) is 0 Å². The van der Waals surface area contributed by atoms with Crippen molar-refractivity contribution in [2.24, 2.45) is 0 Å². The predicted molar refractivity (Wildman–Crippen MR) is 69.4 cm³/mol. The van der Waals surface area contributed by atoms with Crippen LogP contribution in [0.25, 0.3) is 10.9 Å². The first-order valence-corrected chi connectivity index (χ1v) is 5.82. The van der Waals surface area contributed by atoms with Gasteiger partial charge in [0.2, 0.25) is 0 Å². The van der Waals surface area contributed by atoms with Crippen molar-refractivity contribution in [1.82, 2.24) is 4.98 Å². The van der Waals surface area contributed by atoms with Crippen LogP contribution in [0.5, 0.6) is 0 Å². The van der Waals surface area contributed by atoms with Crippen molar-refractivity contribution in [3.63, 3.8) is 0 Å². The molecule has 17 heavy (non-hydrogen) atoms. The van der Waals surface area contributed by atoms with Gasteiger partial charge in [0, 0.05) is 16.6 Å². The third kappa shape index (κ3) is 1.66. The van der Waals surface area contributed by atoms with Crippen LogP contribution in [0.4, 0.5) is 0 Å². The van der Waals surface area contributed by atoms with E-state index >= 15 is 0 Å². The zero-order valence-corrected chi connectivity index (χ0v) is 11.1. The molecule has 2 N–H and O–H groups in total. The third-order valence-corrected chi connectivity index (χ3v) is 4.00. The van der Waals surface area contributed by atoms with Crippen LogP contribution in [0, 0.1) is 34.6 Å². The molecule has 1 aromatic carbocycles. The second kappa shape index (κ2) is 4.17. The van der Waals surface area contributed by atoms with E-state index in [-0.39, 0.29) is 6.61 Å². The van der Waals surface area contributed by atoms with Crippen molar-refractivity contribution in [1.29, 1.82) is 0 Å². The lowest BCUT2D eigenvalue weighted by atomic mass is 9.94. The zero-order chi connectivity index (χ0) is 12.7. The molecule has 0 unspecified atom stereocenters. The van der Waals surface area contributed by atoms with Crippen LogP contribution in [0.15, 0.2) is 0 Å². The average molecular weight is 233 g/mol. The Morgan fingerprint density at radius 3 is 2.06 bits per heavy atom. The minimum absolute atomic E-state index is 0.206.